The van der Waals surface area contributed by atoms with E-state index in [1.54, 1.807) is 23.1 Å². The summed E-state index contributed by atoms with van der Waals surface area (Å²) in [4.78, 5) is 24.8. The van der Waals surface area contributed by atoms with E-state index in [1.165, 1.54) is 13.0 Å². The second-order valence-corrected chi connectivity index (χ2v) is 5.32. The molecular formula is C16H23FN2O2. The molecule has 116 valence electrons. The van der Waals surface area contributed by atoms with E-state index < -0.39 is 0 Å². The van der Waals surface area contributed by atoms with Gasteiger partial charge in [-0.05, 0) is 31.9 Å². The zero-order valence-corrected chi connectivity index (χ0v) is 12.9. The van der Waals surface area contributed by atoms with Gasteiger partial charge >= 0.3 is 0 Å². The second-order valence-electron chi connectivity index (χ2n) is 5.32. The predicted molar refractivity (Wildman–Crippen MR) is 80.3 cm³/mol. The molecule has 0 fully saturated rings. The zero-order chi connectivity index (χ0) is 15.8. The summed E-state index contributed by atoms with van der Waals surface area (Å²) in [6.45, 7) is 5.99. The lowest BCUT2D eigenvalue weighted by atomic mass is 10.1. The van der Waals surface area contributed by atoms with Crippen LogP contribution in [0.1, 0.15) is 32.8 Å². The van der Waals surface area contributed by atoms with Gasteiger partial charge in [0.25, 0.3) is 0 Å². The Morgan fingerprint density at radius 3 is 2.48 bits per heavy atom. The summed E-state index contributed by atoms with van der Waals surface area (Å²) in [7, 11) is 0. The van der Waals surface area contributed by atoms with Crippen molar-refractivity contribution in [3.05, 3.63) is 35.6 Å². The zero-order valence-electron chi connectivity index (χ0n) is 12.9. The second kappa shape index (κ2) is 8.39. The van der Waals surface area contributed by atoms with Crippen molar-refractivity contribution in [3.63, 3.8) is 0 Å². The quantitative estimate of drug-likeness (QED) is 0.837. The van der Waals surface area contributed by atoms with Gasteiger partial charge in [-0.15, -0.1) is 0 Å². The number of nitrogens with one attached hydrogen (secondary N) is 1. The van der Waals surface area contributed by atoms with Crippen molar-refractivity contribution >= 4 is 11.8 Å². The molecular weight excluding hydrogens is 271 g/mol. The molecule has 0 aliphatic heterocycles. The first-order valence-electron chi connectivity index (χ1n) is 7.18. The molecule has 0 unspecified atom stereocenters. The molecule has 0 radical (unpaired) electrons. The number of halogens is 1. The molecule has 0 bridgehead atoms. The van der Waals surface area contributed by atoms with Crippen molar-refractivity contribution in [3.8, 4) is 0 Å². The minimum Gasteiger partial charge on any atom is -0.354 e. The summed E-state index contributed by atoms with van der Waals surface area (Å²) in [5.74, 6) is -0.454. The lowest BCUT2D eigenvalue weighted by Crippen LogP contribution is -2.37. The first kappa shape index (κ1) is 17.1. The van der Waals surface area contributed by atoms with Crippen LogP contribution in [-0.2, 0) is 16.0 Å². The average Bonchev–Trinajstić information content (AvgIpc) is 2.39. The van der Waals surface area contributed by atoms with E-state index in [1.807, 2.05) is 13.8 Å². The number of hydrogen-bond donors (Lipinski definition) is 1. The first-order chi connectivity index (χ1) is 9.90. The Morgan fingerprint density at radius 2 is 1.90 bits per heavy atom. The molecule has 0 spiro atoms. The number of carbonyl (C=O) groups excluding carboxylic acids is 2. The Balaban J connectivity index is 2.49. The Morgan fingerprint density at radius 1 is 1.24 bits per heavy atom. The smallest absolute Gasteiger partial charge is 0.221 e. The summed E-state index contributed by atoms with van der Waals surface area (Å²) in [5, 5.41) is 2.78. The highest BCUT2D eigenvalue weighted by molar-refractivity contribution is 5.78. The van der Waals surface area contributed by atoms with Gasteiger partial charge in [0.05, 0.1) is 0 Å². The van der Waals surface area contributed by atoms with Crippen LogP contribution in [0, 0.1) is 5.82 Å². The minimum atomic E-state index is -0.265. The number of amides is 2. The Hall–Kier alpha value is -1.91. The highest BCUT2D eigenvalue weighted by Crippen LogP contribution is 2.08. The Kier molecular flexibility index (Phi) is 6.85. The molecule has 0 saturated heterocycles. The van der Waals surface area contributed by atoms with E-state index in [2.05, 4.69) is 5.32 Å². The van der Waals surface area contributed by atoms with Crippen LogP contribution < -0.4 is 5.32 Å². The van der Waals surface area contributed by atoms with Gasteiger partial charge in [0.15, 0.2) is 0 Å². The van der Waals surface area contributed by atoms with Crippen LogP contribution in [0.15, 0.2) is 24.3 Å². The van der Waals surface area contributed by atoms with E-state index >= 15 is 0 Å². The highest BCUT2D eigenvalue weighted by atomic mass is 19.1. The van der Waals surface area contributed by atoms with E-state index in [4.69, 9.17) is 0 Å². The number of benzene rings is 1. The first-order valence-corrected chi connectivity index (χ1v) is 7.18. The molecule has 0 aromatic heterocycles. The molecule has 0 heterocycles. The van der Waals surface area contributed by atoms with Crippen LogP contribution in [0.25, 0.3) is 0 Å². The third-order valence-corrected chi connectivity index (χ3v) is 3.11. The Labute approximate surface area is 125 Å². The van der Waals surface area contributed by atoms with Crippen molar-refractivity contribution in [1.29, 1.82) is 0 Å². The SMILES string of the molecule is CC(=O)N(CCC(=O)NC(C)C)CCc1ccccc1F. The van der Waals surface area contributed by atoms with Gasteiger partial charge in [0, 0.05) is 32.5 Å². The van der Waals surface area contributed by atoms with Crippen LogP contribution in [0.2, 0.25) is 0 Å². The van der Waals surface area contributed by atoms with Crippen LogP contribution in [0.4, 0.5) is 4.39 Å². The van der Waals surface area contributed by atoms with Crippen molar-refractivity contribution < 1.29 is 14.0 Å². The van der Waals surface area contributed by atoms with Crippen LogP contribution in [0.3, 0.4) is 0 Å². The number of nitrogens with zero attached hydrogens (tertiary/aromatic N) is 1. The molecule has 0 aliphatic rings. The van der Waals surface area contributed by atoms with Gasteiger partial charge in [-0.1, -0.05) is 18.2 Å². The van der Waals surface area contributed by atoms with Crippen LogP contribution >= 0.6 is 0 Å². The van der Waals surface area contributed by atoms with Crippen LogP contribution in [-0.4, -0.2) is 35.8 Å². The van der Waals surface area contributed by atoms with Gasteiger partial charge < -0.3 is 10.2 Å². The number of hydrogen-bond acceptors (Lipinski definition) is 2. The minimum absolute atomic E-state index is 0.0814. The molecule has 1 rings (SSSR count). The van der Waals surface area contributed by atoms with Gasteiger partial charge in [0.1, 0.15) is 5.82 Å². The predicted octanol–water partition coefficient (Wildman–Crippen LogP) is 2.13. The van der Waals surface area contributed by atoms with Crippen LogP contribution in [0.5, 0.6) is 0 Å². The van der Waals surface area contributed by atoms with E-state index in [-0.39, 0.29) is 30.1 Å². The van der Waals surface area contributed by atoms with Crippen molar-refractivity contribution in [2.24, 2.45) is 0 Å². The summed E-state index contributed by atoms with van der Waals surface area (Å²) < 4.78 is 13.5. The fourth-order valence-electron chi connectivity index (χ4n) is 2.01. The maximum absolute atomic E-state index is 13.5. The van der Waals surface area contributed by atoms with E-state index in [9.17, 15) is 14.0 Å². The molecule has 0 aliphatic carbocycles. The lowest BCUT2D eigenvalue weighted by molar-refractivity contribution is -0.129. The number of carbonyl (C=O) groups is 2. The molecule has 0 atom stereocenters. The molecule has 1 N–H and O–H groups in total. The van der Waals surface area contributed by atoms with Crippen molar-refractivity contribution in [2.75, 3.05) is 13.1 Å². The normalized spacial score (nSPS) is 10.5. The maximum atomic E-state index is 13.5. The van der Waals surface area contributed by atoms with Gasteiger partial charge in [-0.2, -0.15) is 0 Å². The molecule has 21 heavy (non-hydrogen) atoms. The summed E-state index contributed by atoms with van der Waals surface area (Å²) >= 11 is 0. The molecule has 1 aromatic rings. The molecule has 0 saturated carbocycles. The largest absolute Gasteiger partial charge is 0.354 e. The third kappa shape index (κ3) is 6.38. The fourth-order valence-corrected chi connectivity index (χ4v) is 2.01. The monoisotopic (exact) mass is 294 g/mol. The highest BCUT2D eigenvalue weighted by Gasteiger charge is 2.12. The van der Waals surface area contributed by atoms with Crippen molar-refractivity contribution in [1.82, 2.24) is 10.2 Å². The van der Waals surface area contributed by atoms with E-state index in [0.29, 0.717) is 25.1 Å². The molecule has 2 amide bonds. The fraction of sp³-hybridized carbons (Fsp3) is 0.500. The van der Waals surface area contributed by atoms with E-state index in [0.717, 1.165) is 0 Å². The summed E-state index contributed by atoms with van der Waals surface area (Å²) in [6.07, 6.45) is 0.701. The molecule has 5 heteroatoms. The summed E-state index contributed by atoms with van der Waals surface area (Å²) in [6, 6.07) is 6.61. The lowest BCUT2D eigenvalue weighted by Gasteiger charge is -2.21. The maximum Gasteiger partial charge on any atom is 0.221 e. The third-order valence-electron chi connectivity index (χ3n) is 3.11. The van der Waals surface area contributed by atoms with Crippen molar-refractivity contribution in [2.45, 2.75) is 39.7 Å². The van der Waals surface area contributed by atoms with Gasteiger partial charge in [0.2, 0.25) is 11.8 Å². The molecule has 1 aromatic carbocycles. The topological polar surface area (TPSA) is 49.4 Å². The standard InChI is InChI=1S/C16H23FN2O2/c1-12(2)18-16(21)9-11-19(13(3)20)10-8-14-6-4-5-7-15(14)17/h4-7,12H,8-11H2,1-3H3,(H,18,21). The Bertz CT molecular complexity index is 489. The summed E-state index contributed by atoms with van der Waals surface area (Å²) in [5.41, 5.74) is 0.579. The van der Waals surface area contributed by atoms with Gasteiger partial charge in [-0.3, -0.25) is 9.59 Å². The molecule has 4 nitrogen and oxygen atoms in total. The van der Waals surface area contributed by atoms with Gasteiger partial charge in [-0.25, -0.2) is 4.39 Å². The average molecular weight is 294 g/mol. The number of rotatable bonds is 7.